The van der Waals surface area contributed by atoms with E-state index >= 15 is 0 Å². The molecule has 0 atom stereocenters. The van der Waals surface area contributed by atoms with Crippen molar-refractivity contribution < 1.29 is 13.2 Å². The quantitative estimate of drug-likeness (QED) is 0.755. The molecule has 1 heterocycles. The summed E-state index contributed by atoms with van der Waals surface area (Å²) in [4.78, 5) is 5.39. The van der Waals surface area contributed by atoms with Crippen molar-refractivity contribution in [2.24, 2.45) is 0 Å². The summed E-state index contributed by atoms with van der Waals surface area (Å²) < 4.78 is 37.8. The monoisotopic (exact) mass is 216 g/mol. The molecule has 1 rings (SSSR count). The van der Waals surface area contributed by atoms with Crippen molar-refractivity contribution in [1.29, 1.82) is 0 Å². The highest BCUT2D eigenvalue weighted by Gasteiger charge is 2.33. The molecule has 0 aliphatic rings. The number of hydrogen-bond donors (Lipinski definition) is 0. The van der Waals surface area contributed by atoms with Gasteiger partial charge in [-0.25, -0.2) is 4.98 Å². The molecule has 0 N–H and O–H groups in total. The number of nitrogens with zero attached hydrogens (tertiary/aromatic N) is 2. The fourth-order valence-electron chi connectivity index (χ4n) is 1.11. The van der Waals surface area contributed by atoms with Crippen LogP contribution in [-0.4, -0.2) is 19.1 Å². The predicted molar refractivity (Wildman–Crippen MR) is 53.7 cm³/mol. The van der Waals surface area contributed by atoms with Crippen LogP contribution in [-0.2, 0) is 6.18 Å². The normalized spacial score (nSPS) is 11.3. The first kappa shape index (κ1) is 11.6. The maximum atomic E-state index is 12.6. The molecule has 1 aromatic rings. The Hall–Kier alpha value is -1.52. The van der Waals surface area contributed by atoms with Crippen LogP contribution in [0.25, 0.3) is 6.08 Å². The molecule has 0 aromatic carbocycles. The molecule has 0 amide bonds. The second-order valence-electron chi connectivity index (χ2n) is 3.23. The summed E-state index contributed by atoms with van der Waals surface area (Å²) in [6.07, 6.45) is -2.06. The van der Waals surface area contributed by atoms with E-state index in [1.807, 2.05) is 0 Å². The SMILES string of the molecule is C=Cc1cnc(N(C)C)cc1C(F)(F)F. The van der Waals surface area contributed by atoms with Crippen molar-refractivity contribution in [2.45, 2.75) is 6.18 Å². The van der Waals surface area contributed by atoms with Crippen molar-refractivity contribution in [3.63, 3.8) is 0 Å². The first-order valence-electron chi connectivity index (χ1n) is 4.23. The summed E-state index contributed by atoms with van der Waals surface area (Å²) in [5.41, 5.74) is -0.718. The fourth-order valence-corrected chi connectivity index (χ4v) is 1.11. The third kappa shape index (κ3) is 2.49. The van der Waals surface area contributed by atoms with Gasteiger partial charge in [-0.3, -0.25) is 0 Å². The minimum absolute atomic E-state index is 0.00639. The summed E-state index contributed by atoms with van der Waals surface area (Å²) in [6.45, 7) is 3.33. The molecule has 2 nitrogen and oxygen atoms in total. The zero-order valence-electron chi connectivity index (χ0n) is 8.47. The van der Waals surface area contributed by atoms with Crippen molar-refractivity contribution in [3.8, 4) is 0 Å². The molecule has 82 valence electrons. The topological polar surface area (TPSA) is 16.1 Å². The smallest absolute Gasteiger partial charge is 0.363 e. The van der Waals surface area contributed by atoms with Crippen LogP contribution in [0.4, 0.5) is 19.0 Å². The maximum absolute atomic E-state index is 12.6. The van der Waals surface area contributed by atoms with Crippen molar-refractivity contribution in [2.75, 3.05) is 19.0 Å². The molecular formula is C10H11F3N2. The average Bonchev–Trinajstić information content (AvgIpc) is 2.15. The highest BCUT2D eigenvalue weighted by atomic mass is 19.4. The van der Waals surface area contributed by atoms with Crippen molar-refractivity contribution in [1.82, 2.24) is 4.98 Å². The Morgan fingerprint density at radius 1 is 1.40 bits per heavy atom. The van der Waals surface area contributed by atoms with Crippen molar-refractivity contribution >= 4 is 11.9 Å². The molecule has 0 bridgehead atoms. The Bertz CT molecular complexity index is 369. The van der Waals surface area contributed by atoms with E-state index in [1.54, 1.807) is 14.1 Å². The molecule has 1 aromatic heterocycles. The van der Waals surface area contributed by atoms with Gasteiger partial charge in [0.25, 0.3) is 0 Å². The van der Waals surface area contributed by atoms with Gasteiger partial charge in [0.1, 0.15) is 5.82 Å². The Morgan fingerprint density at radius 3 is 2.40 bits per heavy atom. The van der Waals surface area contributed by atoms with Crippen LogP contribution >= 0.6 is 0 Å². The van der Waals surface area contributed by atoms with Gasteiger partial charge in [-0.15, -0.1) is 0 Å². The molecule has 0 radical (unpaired) electrons. The number of alkyl halides is 3. The van der Waals surface area contributed by atoms with Crippen LogP contribution in [0.1, 0.15) is 11.1 Å². The lowest BCUT2D eigenvalue weighted by atomic mass is 10.1. The highest BCUT2D eigenvalue weighted by Crippen LogP contribution is 2.33. The minimum Gasteiger partial charge on any atom is -0.363 e. The molecule has 0 aliphatic heterocycles. The summed E-state index contributed by atoms with van der Waals surface area (Å²) in [5, 5.41) is 0. The summed E-state index contributed by atoms with van der Waals surface area (Å²) in [5.74, 6) is 0.271. The minimum atomic E-state index is -4.38. The molecule has 0 unspecified atom stereocenters. The molecule has 0 saturated heterocycles. The zero-order chi connectivity index (χ0) is 11.6. The van der Waals surface area contributed by atoms with E-state index in [1.165, 1.54) is 11.1 Å². The number of anilines is 1. The van der Waals surface area contributed by atoms with E-state index < -0.39 is 11.7 Å². The second kappa shape index (κ2) is 3.92. The zero-order valence-corrected chi connectivity index (χ0v) is 8.47. The van der Waals surface area contributed by atoms with E-state index in [4.69, 9.17) is 0 Å². The van der Waals surface area contributed by atoms with Gasteiger partial charge in [0, 0.05) is 25.9 Å². The number of pyridine rings is 1. The largest absolute Gasteiger partial charge is 0.417 e. The van der Waals surface area contributed by atoms with Crippen LogP contribution in [0.5, 0.6) is 0 Å². The Labute approximate surface area is 86.0 Å². The Balaban J connectivity index is 3.32. The summed E-state index contributed by atoms with van der Waals surface area (Å²) >= 11 is 0. The standard InChI is InChI=1S/C10H11F3N2/c1-4-7-6-14-9(15(2)3)5-8(7)10(11,12)13/h4-6H,1H2,2-3H3. The van der Waals surface area contributed by atoms with Crippen LogP contribution in [0.15, 0.2) is 18.8 Å². The first-order valence-corrected chi connectivity index (χ1v) is 4.23. The van der Waals surface area contributed by atoms with Gasteiger partial charge in [0.2, 0.25) is 0 Å². The van der Waals surface area contributed by atoms with Crippen LogP contribution in [0.2, 0.25) is 0 Å². The van der Waals surface area contributed by atoms with Gasteiger partial charge < -0.3 is 4.90 Å². The highest BCUT2D eigenvalue weighted by molar-refractivity contribution is 5.55. The van der Waals surface area contributed by atoms with E-state index in [0.717, 1.165) is 12.1 Å². The Kier molecular flexibility index (Phi) is 3.02. The number of halogens is 3. The van der Waals surface area contributed by atoms with Gasteiger partial charge in [-0.2, -0.15) is 13.2 Å². The van der Waals surface area contributed by atoms with Crippen LogP contribution < -0.4 is 4.90 Å². The lowest BCUT2D eigenvalue weighted by Crippen LogP contribution is -2.14. The van der Waals surface area contributed by atoms with Gasteiger partial charge >= 0.3 is 6.18 Å². The second-order valence-corrected chi connectivity index (χ2v) is 3.23. The lowest BCUT2D eigenvalue weighted by molar-refractivity contribution is -0.137. The molecule has 0 spiro atoms. The number of aromatic nitrogens is 1. The molecular weight excluding hydrogens is 205 g/mol. The summed E-state index contributed by atoms with van der Waals surface area (Å²) in [7, 11) is 3.27. The average molecular weight is 216 g/mol. The van der Waals surface area contributed by atoms with E-state index in [2.05, 4.69) is 11.6 Å². The van der Waals surface area contributed by atoms with Crippen molar-refractivity contribution in [3.05, 3.63) is 30.0 Å². The predicted octanol–water partition coefficient (Wildman–Crippen LogP) is 2.81. The lowest BCUT2D eigenvalue weighted by Gasteiger charge is -2.15. The molecule has 0 aliphatic carbocycles. The maximum Gasteiger partial charge on any atom is 0.417 e. The molecule has 5 heteroatoms. The van der Waals surface area contributed by atoms with Gasteiger partial charge in [-0.05, 0) is 6.07 Å². The van der Waals surface area contributed by atoms with E-state index in [9.17, 15) is 13.2 Å². The third-order valence-electron chi connectivity index (χ3n) is 1.90. The fraction of sp³-hybridized carbons (Fsp3) is 0.300. The van der Waals surface area contributed by atoms with Gasteiger partial charge in [0.15, 0.2) is 0 Å². The van der Waals surface area contributed by atoms with E-state index in [-0.39, 0.29) is 11.4 Å². The molecule has 15 heavy (non-hydrogen) atoms. The van der Waals surface area contributed by atoms with Gasteiger partial charge in [-0.1, -0.05) is 12.7 Å². The first-order chi connectivity index (χ1) is 6.86. The Morgan fingerprint density at radius 2 is 2.00 bits per heavy atom. The number of hydrogen-bond acceptors (Lipinski definition) is 2. The van der Waals surface area contributed by atoms with Gasteiger partial charge in [0.05, 0.1) is 5.56 Å². The van der Waals surface area contributed by atoms with Crippen LogP contribution in [0, 0.1) is 0 Å². The number of rotatable bonds is 2. The molecule has 0 fully saturated rings. The third-order valence-corrected chi connectivity index (χ3v) is 1.90. The van der Waals surface area contributed by atoms with Crippen LogP contribution in [0.3, 0.4) is 0 Å². The van der Waals surface area contributed by atoms with E-state index in [0.29, 0.717) is 0 Å². The molecule has 0 saturated carbocycles. The summed E-state index contributed by atoms with van der Waals surface area (Å²) in [6, 6.07) is 1.01.